The van der Waals surface area contributed by atoms with Crippen LogP contribution in [0.5, 0.6) is 5.75 Å². The lowest BCUT2D eigenvalue weighted by atomic mass is 10.2. The van der Waals surface area contributed by atoms with E-state index in [-0.39, 0.29) is 6.54 Å². The van der Waals surface area contributed by atoms with Crippen LogP contribution in [0.4, 0.5) is 0 Å². The minimum Gasteiger partial charge on any atom is -0.493 e. The van der Waals surface area contributed by atoms with Gasteiger partial charge in [-0.05, 0) is 35.9 Å². The highest BCUT2D eigenvalue weighted by atomic mass is 32.2. The molecule has 3 rings (SSSR count). The SMILES string of the molecule is CCN(Cc1ccco1)S(=O)(=O)c1ccc2c(c1)CCO2. The number of hydrogen-bond acceptors (Lipinski definition) is 4. The van der Waals surface area contributed by atoms with E-state index in [1.165, 1.54) is 4.31 Å². The number of hydrogen-bond donors (Lipinski definition) is 0. The summed E-state index contributed by atoms with van der Waals surface area (Å²) in [6.45, 7) is 3.05. The van der Waals surface area contributed by atoms with Crippen LogP contribution in [0, 0.1) is 0 Å². The van der Waals surface area contributed by atoms with Crippen molar-refractivity contribution in [3.63, 3.8) is 0 Å². The van der Waals surface area contributed by atoms with E-state index in [1.807, 2.05) is 6.92 Å². The molecule has 1 aliphatic rings. The third-order valence-electron chi connectivity index (χ3n) is 3.56. The van der Waals surface area contributed by atoms with E-state index in [4.69, 9.17) is 9.15 Å². The van der Waals surface area contributed by atoms with E-state index in [2.05, 4.69) is 0 Å². The molecule has 5 nitrogen and oxygen atoms in total. The van der Waals surface area contributed by atoms with E-state index in [9.17, 15) is 8.42 Å². The van der Waals surface area contributed by atoms with Gasteiger partial charge in [-0.25, -0.2) is 8.42 Å². The molecule has 1 aromatic heterocycles. The number of fused-ring (bicyclic) bond motifs is 1. The fourth-order valence-corrected chi connectivity index (χ4v) is 3.88. The molecule has 0 unspecified atom stereocenters. The zero-order valence-electron chi connectivity index (χ0n) is 11.8. The monoisotopic (exact) mass is 307 g/mol. The molecule has 2 heterocycles. The number of furan rings is 1. The normalized spacial score (nSPS) is 14.2. The molecule has 0 spiro atoms. The zero-order valence-corrected chi connectivity index (χ0v) is 12.6. The smallest absolute Gasteiger partial charge is 0.243 e. The summed E-state index contributed by atoms with van der Waals surface area (Å²) in [5.41, 5.74) is 0.949. The Labute approximate surface area is 124 Å². The summed E-state index contributed by atoms with van der Waals surface area (Å²) in [6.07, 6.45) is 2.30. The van der Waals surface area contributed by atoms with Crippen molar-refractivity contribution < 1.29 is 17.6 Å². The number of rotatable bonds is 5. The summed E-state index contributed by atoms with van der Waals surface area (Å²) in [4.78, 5) is 0.306. The molecule has 0 N–H and O–H groups in total. The van der Waals surface area contributed by atoms with Crippen molar-refractivity contribution in [2.75, 3.05) is 13.2 Å². The number of nitrogens with zero attached hydrogens (tertiary/aromatic N) is 1. The molecule has 0 aliphatic carbocycles. The average molecular weight is 307 g/mol. The average Bonchev–Trinajstić information content (AvgIpc) is 3.14. The predicted molar refractivity (Wildman–Crippen MR) is 77.6 cm³/mol. The van der Waals surface area contributed by atoms with Crippen molar-refractivity contribution in [3.05, 3.63) is 47.9 Å². The van der Waals surface area contributed by atoms with Gasteiger partial charge in [0.25, 0.3) is 0 Å². The van der Waals surface area contributed by atoms with Gasteiger partial charge < -0.3 is 9.15 Å². The van der Waals surface area contributed by atoms with Crippen LogP contribution in [-0.4, -0.2) is 25.9 Å². The summed E-state index contributed by atoms with van der Waals surface area (Å²) in [5.74, 6) is 1.41. The van der Waals surface area contributed by atoms with Crippen LogP contribution < -0.4 is 4.74 Å². The van der Waals surface area contributed by atoms with Gasteiger partial charge in [-0.3, -0.25) is 0 Å². The molecule has 0 atom stereocenters. The maximum absolute atomic E-state index is 12.7. The van der Waals surface area contributed by atoms with Crippen LogP contribution in [0.2, 0.25) is 0 Å². The molecule has 21 heavy (non-hydrogen) atoms. The molecule has 6 heteroatoms. The van der Waals surface area contributed by atoms with E-state index < -0.39 is 10.0 Å². The molecule has 2 aromatic rings. The highest BCUT2D eigenvalue weighted by Gasteiger charge is 2.26. The van der Waals surface area contributed by atoms with Gasteiger partial charge in [0.1, 0.15) is 11.5 Å². The topological polar surface area (TPSA) is 59.8 Å². The first-order chi connectivity index (χ1) is 10.1. The van der Waals surface area contributed by atoms with Crippen molar-refractivity contribution in [1.82, 2.24) is 4.31 Å². The second kappa shape index (κ2) is 5.54. The number of sulfonamides is 1. The Hall–Kier alpha value is -1.79. The summed E-state index contributed by atoms with van der Waals surface area (Å²) in [7, 11) is -3.53. The van der Waals surface area contributed by atoms with Crippen LogP contribution >= 0.6 is 0 Å². The van der Waals surface area contributed by atoms with E-state index in [0.29, 0.717) is 23.8 Å². The van der Waals surface area contributed by atoms with Crippen molar-refractivity contribution in [3.8, 4) is 5.75 Å². The molecule has 112 valence electrons. The van der Waals surface area contributed by atoms with Crippen molar-refractivity contribution >= 4 is 10.0 Å². The van der Waals surface area contributed by atoms with Crippen LogP contribution in [0.25, 0.3) is 0 Å². The highest BCUT2D eigenvalue weighted by molar-refractivity contribution is 7.89. The molecule has 0 saturated carbocycles. The van der Waals surface area contributed by atoms with Gasteiger partial charge in [-0.15, -0.1) is 0 Å². The fourth-order valence-electron chi connectivity index (χ4n) is 2.42. The standard InChI is InChI=1S/C15H17NO4S/c1-2-16(11-13-4-3-8-19-13)21(17,18)14-5-6-15-12(10-14)7-9-20-15/h3-6,8,10H,2,7,9,11H2,1H3. The Kier molecular flexibility index (Phi) is 3.73. The maximum Gasteiger partial charge on any atom is 0.243 e. The minimum absolute atomic E-state index is 0.236. The van der Waals surface area contributed by atoms with Crippen molar-refractivity contribution in [2.45, 2.75) is 24.8 Å². The Balaban J connectivity index is 1.91. The summed E-state index contributed by atoms with van der Waals surface area (Å²) >= 11 is 0. The van der Waals surface area contributed by atoms with Crippen LogP contribution in [0.15, 0.2) is 45.9 Å². The first-order valence-electron chi connectivity index (χ1n) is 6.89. The van der Waals surface area contributed by atoms with Crippen molar-refractivity contribution in [2.24, 2.45) is 0 Å². The summed E-state index contributed by atoms with van der Waals surface area (Å²) in [5, 5.41) is 0. The molecule has 0 radical (unpaired) electrons. The minimum atomic E-state index is -3.53. The molecule has 1 aromatic carbocycles. The summed E-state index contributed by atoms with van der Waals surface area (Å²) < 4.78 is 37.5. The van der Waals surface area contributed by atoms with Crippen LogP contribution in [0.1, 0.15) is 18.2 Å². The lowest BCUT2D eigenvalue weighted by Crippen LogP contribution is -2.30. The largest absolute Gasteiger partial charge is 0.493 e. The molecule has 1 aliphatic heterocycles. The van der Waals surface area contributed by atoms with Crippen LogP contribution in [0.3, 0.4) is 0 Å². The van der Waals surface area contributed by atoms with Gasteiger partial charge in [0.05, 0.1) is 24.3 Å². The van der Waals surface area contributed by atoms with E-state index in [0.717, 1.165) is 17.7 Å². The van der Waals surface area contributed by atoms with E-state index in [1.54, 1.807) is 36.6 Å². The van der Waals surface area contributed by atoms with Gasteiger partial charge >= 0.3 is 0 Å². The lowest BCUT2D eigenvalue weighted by molar-refractivity contribution is 0.356. The highest BCUT2D eigenvalue weighted by Crippen LogP contribution is 2.29. The zero-order chi connectivity index (χ0) is 14.9. The van der Waals surface area contributed by atoms with Crippen LogP contribution in [-0.2, 0) is 23.0 Å². The van der Waals surface area contributed by atoms with Gasteiger partial charge in [-0.2, -0.15) is 4.31 Å². The number of benzene rings is 1. The Morgan fingerprint density at radius 1 is 1.29 bits per heavy atom. The van der Waals surface area contributed by atoms with Gasteiger partial charge in [-0.1, -0.05) is 6.92 Å². The van der Waals surface area contributed by atoms with E-state index >= 15 is 0 Å². The quantitative estimate of drug-likeness (QED) is 0.851. The van der Waals surface area contributed by atoms with Crippen molar-refractivity contribution in [1.29, 1.82) is 0 Å². The molecule has 0 saturated heterocycles. The second-order valence-corrected chi connectivity index (χ2v) is 6.82. The first-order valence-corrected chi connectivity index (χ1v) is 8.33. The molecular formula is C15H17NO4S. The molecular weight excluding hydrogens is 290 g/mol. The molecule has 0 fully saturated rings. The van der Waals surface area contributed by atoms with Gasteiger partial charge in [0, 0.05) is 13.0 Å². The second-order valence-electron chi connectivity index (χ2n) is 4.88. The maximum atomic E-state index is 12.7. The number of ether oxygens (including phenoxy) is 1. The Morgan fingerprint density at radius 3 is 2.86 bits per heavy atom. The van der Waals surface area contributed by atoms with Gasteiger partial charge in [0.15, 0.2) is 0 Å². The third-order valence-corrected chi connectivity index (χ3v) is 5.48. The lowest BCUT2D eigenvalue weighted by Gasteiger charge is -2.19. The Bertz CT molecular complexity index is 722. The fraction of sp³-hybridized carbons (Fsp3) is 0.333. The summed E-state index contributed by atoms with van der Waals surface area (Å²) in [6, 6.07) is 8.57. The van der Waals surface area contributed by atoms with Gasteiger partial charge in [0.2, 0.25) is 10.0 Å². The predicted octanol–water partition coefficient (Wildman–Crippen LogP) is 2.43. The Morgan fingerprint density at radius 2 is 2.14 bits per heavy atom. The molecule has 0 amide bonds. The molecule has 0 bridgehead atoms. The third kappa shape index (κ3) is 2.69. The first kappa shape index (κ1) is 14.2.